The summed E-state index contributed by atoms with van der Waals surface area (Å²) >= 11 is 0. The maximum absolute atomic E-state index is 13.1. The smallest absolute Gasteiger partial charge is 0.253 e. The van der Waals surface area contributed by atoms with Crippen molar-refractivity contribution < 1.29 is 23.6 Å². The summed E-state index contributed by atoms with van der Waals surface area (Å²) in [7, 11) is 1.54. The number of carbonyl (C=O) groups is 2. The minimum Gasteiger partial charge on any atom is -0.493 e. The summed E-state index contributed by atoms with van der Waals surface area (Å²) in [5, 5.41) is 6.89. The van der Waals surface area contributed by atoms with Gasteiger partial charge in [0, 0.05) is 30.3 Å². The molecule has 1 fully saturated rings. The van der Waals surface area contributed by atoms with Gasteiger partial charge in [0.05, 0.1) is 18.4 Å². The van der Waals surface area contributed by atoms with Crippen LogP contribution in [0.15, 0.2) is 53.1 Å². The summed E-state index contributed by atoms with van der Waals surface area (Å²) in [6, 6.07) is 14.6. The third-order valence-electron chi connectivity index (χ3n) is 6.16. The number of benzene rings is 2. The van der Waals surface area contributed by atoms with Crippen LogP contribution < -0.4 is 14.8 Å². The highest BCUT2D eigenvalue weighted by Gasteiger charge is 2.28. The molecule has 1 aromatic heterocycles. The Hall–Kier alpha value is -3.81. The lowest BCUT2D eigenvalue weighted by atomic mass is 9.95. The number of rotatable bonds is 7. The lowest BCUT2D eigenvalue weighted by Crippen LogP contribution is -2.41. The van der Waals surface area contributed by atoms with Crippen LogP contribution in [0.4, 0.5) is 5.69 Å². The molecule has 0 aliphatic carbocycles. The van der Waals surface area contributed by atoms with Crippen LogP contribution in [0.5, 0.6) is 11.5 Å². The van der Waals surface area contributed by atoms with Crippen LogP contribution in [0.3, 0.4) is 0 Å². The lowest BCUT2D eigenvalue weighted by Gasteiger charge is -2.31. The minimum atomic E-state index is -0.112. The van der Waals surface area contributed by atoms with Crippen molar-refractivity contribution in [2.24, 2.45) is 5.92 Å². The number of hydrogen-bond acceptors (Lipinski definition) is 6. The molecular formula is C26H29N3O5. The lowest BCUT2D eigenvalue weighted by molar-refractivity contribution is -0.121. The van der Waals surface area contributed by atoms with E-state index in [-0.39, 0.29) is 17.7 Å². The number of likely N-dealkylation sites (tertiary alicyclic amines) is 1. The van der Waals surface area contributed by atoms with Crippen molar-refractivity contribution in [3.05, 3.63) is 71.1 Å². The van der Waals surface area contributed by atoms with Crippen molar-refractivity contribution in [3.63, 3.8) is 0 Å². The van der Waals surface area contributed by atoms with Crippen molar-refractivity contribution in [1.82, 2.24) is 10.1 Å². The predicted octanol–water partition coefficient (Wildman–Crippen LogP) is 4.37. The fourth-order valence-electron chi connectivity index (χ4n) is 4.07. The van der Waals surface area contributed by atoms with Gasteiger partial charge in [-0.1, -0.05) is 23.4 Å². The fourth-order valence-corrected chi connectivity index (χ4v) is 4.07. The maximum atomic E-state index is 13.1. The van der Waals surface area contributed by atoms with Gasteiger partial charge < -0.3 is 24.2 Å². The molecule has 0 unspecified atom stereocenters. The molecule has 1 aliphatic rings. The van der Waals surface area contributed by atoms with Crippen molar-refractivity contribution in [3.8, 4) is 11.5 Å². The quantitative estimate of drug-likeness (QED) is 0.559. The SMILES string of the molecule is COc1cc(C(=O)N2CCC(C(=O)Nc3ccccc3)CC2)ccc1OCc1c(C)noc1C. The number of nitrogens with zero attached hydrogens (tertiary/aromatic N) is 2. The molecule has 0 bridgehead atoms. The fraction of sp³-hybridized carbons (Fsp3) is 0.346. The Balaban J connectivity index is 1.35. The second-order valence-electron chi connectivity index (χ2n) is 8.38. The summed E-state index contributed by atoms with van der Waals surface area (Å²) in [6.07, 6.45) is 1.25. The average Bonchev–Trinajstić information content (AvgIpc) is 3.19. The number of hydrogen-bond donors (Lipinski definition) is 1. The molecular weight excluding hydrogens is 434 g/mol. The van der Waals surface area contributed by atoms with Crippen molar-refractivity contribution in [1.29, 1.82) is 0 Å². The number of aryl methyl sites for hydroxylation is 2. The summed E-state index contributed by atoms with van der Waals surface area (Å²) < 4.78 is 16.6. The number of para-hydroxylation sites is 1. The minimum absolute atomic E-state index is 0.000217. The highest BCUT2D eigenvalue weighted by molar-refractivity contribution is 5.96. The molecule has 0 radical (unpaired) electrons. The van der Waals surface area contributed by atoms with Crippen LogP contribution in [-0.4, -0.2) is 42.1 Å². The number of carbonyl (C=O) groups excluding carboxylic acids is 2. The van der Waals surface area contributed by atoms with Gasteiger partial charge in [-0.2, -0.15) is 0 Å². The molecule has 1 saturated heterocycles. The molecule has 1 N–H and O–H groups in total. The average molecular weight is 464 g/mol. The van der Waals surface area contributed by atoms with E-state index in [0.29, 0.717) is 55.4 Å². The Morgan fingerprint density at radius 2 is 1.82 bits per heavy atom. The van der Waals surface area contributed by atoms with E-state index in [0.717, 1.165) is 16.9 Å². The van der Waals surface area contributed by atoms with E-state index in [9.17, 15) is 9.59 Å². The largest absolute Gasteiger partial charge is 0.493 e. The van der Waals surface area contributed by atoms with Crippen LogP contribution in [0, 0.1) is 19.8 Å². The van der Waals surface area contributed by atoms with Crippen LogP contribution in [-0.2, 0) is 11.4 Å². The second-order valence-corrected chi connectivity index (χ2v) is 8.38. The molecule has 8 heteroatoms. The van der Waals surface area contributed by atoms with E-state index >= 15 is 0 Å². The molecule has 0 saturated carbocycles. The Morgan fingerprint density at radius 3 is 2.47 bits per heavy atom. The summed E-state index contributed by atoms with van der Waals surface area (Å²) in [4.78, 5) is 27.4. The first-order chi connectivity index (χ1) is 16.5. The molecule has 8 nitrogen and oxygen atoms in total. The molecule has 34 heavy (non-hydrogen) atoms. The van der Waals surface area contributed by atoms with Gasteiger partial charge in [-0.3, -0.25) is 9.59 Å². The Bertz CT molecular complexity index is 1130. The molecule has 2 aromatic carbocycles. The van der Waals surface area contributed by atoms with Crippen molar-refractivity contribution in [2.75, 3.05) is 25.5 Å². The molecule has 0 spiro atoms. The normalized spacial score (nSPS) is 14.0. The number of anilines is 1. The molecule has 2 amide bonds. The number of nitrogens with one attached hydrogen (secondary N) is 1. The van der Waals surface area contributed by atoms with E-state index in [1.807, 2.05) is 44.2 Å². The van der Waals surface area contributed by atoms with Crippen LogP contribution in [0.2, 0.25) is 0 Å². The van der Waals surface area contributed by atoms with E-state index in [4.69, 9.17) is 14.0 Å². The number of aromatic nitrogens is 1. The second kappa shape index (κ2) is 10.4. The standard InChI is InChI=1S/C26H29N3O5/c1-17-22(18(2)34-28-17)16-33-23-10-9-20(15-24(23)32-3)26(31)29-13-11-19(12-14-29)25(30)27-21-7-5-4-6-8-21/h4-10,15,19H,11-14,16H2,1-3H3,(H,27,30). The van der Waals surface area contributed by atoms with Gasteiger partial charge >= 0.3 is 0 Å². The maximum Gasteiger partial charge on any atom is 0.253 e. The van der Waals surface area contributed by atoms with Gasteiger partial charge in [0.15, 0.2) is 11.5 Å². The van der Waals surface area contributed by atoms with Gasteiger partial charge in [-0.15, -0.1) is 0 Å². The third kappa shape index (κ3) is 5.22. The van der Waals surface area contributed by atoms with Crippen LogP contribution in [0.1, 0.15) is 40.2 Å². The Morgan fingerprint density at radius 1 is 1.09 bits per heavy atom. The number of amides is 2. The first-order valence-corrected chi connectivity index (χ1v) is 11.3. The number of methoxy groups -OCH3 is 1. The zero-order chi connectivity index (χ0) is 24.1. The molecule has 1 aliphatic heterocycles. The number of ether oxygens (including phenoxy) is 2. The summed E-state index contributed by atoms with van der Waals surface area (Å²) in [6.45, 7) is 5.05. The van der Waals surface area contributed by atoms with Crippen LogP contribution in [0.25, 0.3) is 0 Å². The highest BCUT2D eigenvalue weighted by atomic mass is 16.5. The van der Waals surface area contributed by atoms with Crippen molar-refractivity contribution >= 4 is 17.5 Å². The summed E-state index contributed by atoms with van der Waals surface area (Å²) in [5.41, 5.74) is 2.98. The molecule has 4 rings (SSSR count). The monoisotopic (exact) mass is 463 g/mol. The van der Waals surface area contributed by atoms with Gasteiger partial charge in [0.25, 0.3) is 5.91 Å². The van der Waals surface area contributed by atoms with Gasteiger partial charge in [-0.25, -0.2) is 0 Å². The Kier molecular flexibility index (Phi) is 7.15. The molecule has 178 valence electrons. The zero-order valence-corrected chi connectivity index (χ0v) is 19.7. The van der Waals surface area contributed by atoms with E-state index in [2.05, 4.69) is 10.5 Å². The first-order valence-electron chi connectivity index (χ1n) is 11.3. The summed E-state index contributed by atoms with van der Waals surface area (Å²) in [5.74, 6) is 1.53. The van der Waals surface area contributed by atoms with Crippen molar-refractivity contribution in [2.45, 2.75) is 33.3 Å². The molecule has 0 atom stereocenters. The molecule has 3 aromatic rings. The topological polar surface area (TPSA) is 93.9 Å². The van der Waals surface area contributed by atoms with E-state index in [1.54, 1.807) is 30.2 Å². The van der Waals surface area contributed by atoms with Gasteiger partial charge in [-0.05, 0) is 57.0 Å². The predicted molar refractivity (Wildman–Crippen MR) is 127 cm³/mol. The van der Waals surface area contributed by atoms with Gasteiger partial charge in [0.1, 0.15) is 12.4 Å². The first kappa shape index (κ1) is 23.4. The van der Waals surface area contributed by atoms with E-state index in [1.165, 1.54) is 0 Å². The Labute approximate surface area is 198 Å². The van der Waals surface area contributed by atoms with Crippen LogP contribution >= 0.6 is 0 Å². The number of piperidine rings is 1. The van der Waals surface area contributed by atoms with E-state index < -0.39 is 0 Å². The van der Waals surface area contributed by atoms with Gasteiger partial charge in [0.2, 0.25) is 5.91 Å². The zero-order valence-electron chi connectivity index (χ0n) is 19.7. The highest BCUT2D eigenvalue weighted by Crippen LogP contribution is 2.31. The third-order valence-corrected chi connectivity index (χ3v) is 6.16. The molecule has 2 heterocycles.